The number of non-ortho nitro benzene ring substituents is 1. The highest BCUT2D eigenvalue weighted by atomic mass is 16.6. The van der Waals surface area contributed by atoms with Crippen LogP contribution < -0.4 is 0 Å². The zero-order valence-electron chi connectivity index (χ0n) is 15.1. The van der Waals surface area contributed by atoms with Crippen LogP contribution in [0.5, 0.6) is 0 Å². The predicted octanol–water partition coefficient (Wildman–Crippen LogP) is 2.67. The van der Waals surface area contributed by atoms with Crippen molar-refractivity contribution < 1.29 is 19.2 Å². The molecule has 1 aromatic carbocycles. The van der Waals surface area contributed by atoms with E-state index in [1.807, 2.05) is 0 Å². The third-order valence-electron chi connectivity index (χ3n) is 4.83. The van der Waals surface area contributed by atoms with Gasteiger partial charge in [-0.2, -0.15) is 5.10 Å². The number of H-pyrrole nitrogens is 1. The summed E-state index contributed by atoms with van der Waals surface area (Å²) in [5.74, 6) is -0.235. The number of nitrogens with one attached hydrogen (secondary N) is 1. The number of ether oxygens (including phenoxy) is 1. The number of hydrogen-bond donors (Lipinski definition) is 1. The second kappa shape index (κ2) is 8.15. The Hall–Kier alpha value is -2.97. The van der Waals surface area contributed by atoms with E-state index >= 15 is 0 Å². The molecule has 144 valence electrons. The molecule has 1 aromatic heterocycles. The SMILES string of the molecule is CCOC(=O)CCC1CCCN(C(=O)c2n[nH]c3ccc([N+](=O)[O-])cc23)C1. The Morgan fingerprint density at radius 1 is 1.44 bits per heavy atom. The zero-order valence-corrected chi connectivity index (χ0v) is 15.1. The number of hydrogen-bond acceptors (Lipinski definition) is 6. The van der Waals surface area contributed by atoms with Gasteiger partial charge in [0.25, 0.3) is 11.6 Å². The van der Waals surface area contributed by atoms with Crippen LogP contribution in [0, 0.1) is 16.0 Å². The van der Waals surface area contributed by atoms with Gasteiger partial charge in [-0.05, 0) is 38.2 Å². The molecule has 1 amide bonds. The summed E-state index contributed by atoms with van der Waals surface area (Å²) in [7, 11) is 0. The minimum atomic E-state index is -0.493. The van der Waals surface area contributed by atoms with Gasteiger partial charge in [0.05, 0.1) is 17.0 Å². The minimum Gasteiger partial charge on any atom is -0.466 e. The maximum atomic E-state index is 12.9. The van der Waals surface area contributed by atoms with Gasteiger partial charge in [0.2, 0.25) is 0 Å². The lowest BCUT2D eigenvalue weighted by molar-refractivity contribution is -0.384. The van der Waals surface area contributed by atoms with Crippen molar-refractivity contribution in [1.82, 2.24) is 15.1 Å². The van der Waals surface area contributed by atoms with Crippen molar-refractivity contribution in [3.8, 4) is 0 Å². The highest BCUT2D eigenvalue weighted by Gasteiger charge is 2.28. The number of aromatic amines is 1. The van der Waals surface area contributed by atoms with E-state index in [0.29, 0.717) is 43.4 Å². The van der Waals surface area contributed by atoms with E-state index in [2.05, 4.69) is 10.2 Å². The van der Waals surface area contributed by atoms with Crippen molar-refractivity contribution in [2.45, 2.75) is 32.6 Å². The van der Waals surface area contributed by atoms with Gasteiger partial charge in [-0.3, -0.25) is 24.8 Å². The number of piperidine rings is 1. The fraction of sp³-hybridized carbons (Fsp3) is 0.500. The number of carbonyl (C=O) groups excluding carboxylic acids is 2. The van der Waals surface area contributed by atoms with Gasteiger partial charge in [0.1, 0.15) is 0 Å². The van der Waals surface area contributed by atoms with Crippen LogP contribution in [0.4, 0.5) is 5.69 Å². The molecule has 1 unspecified atom stereocenters. The first-order valence-corrected chi connectivity index (χ1v) is 9.07. The smallest absolute Gasteiger partial charge is 0.305 e. The van der Waals surface area contributed by atoms with Gasteiger partial charge >= 0.3 is 5.97 Å². The summed E-state index contributed by atoms with van der Waals surface area (Å²) in [6.07, 6.45) is 2.82. The Morgan fingerprint density at radius 2 is 2.26 bits per heavy atom. The number of nitrogens with zero attached hydrogens (tertiary/aromatic N) is 3. The van der Waals surface area contributed by atoms with E-state index in [1.54, 1.807) is 17.9 Å². The quantitative estimate of drug-likeness (QED) is 0.472. The standard InChI is InChI=1S/C18H22N4O5/c1-2-27-16(23)8-5-12-4-3-9-21(11-12)18(24)17-14-10-13(22(25)26)6-7-15(14)19-20-17/h6-7,10,12H,2-5,8-9,11H2,1H3,(H,19,20). The first kappa shape index (κ1) is 18.8. The summed E-state index contributed by atoms with van der Waals surface area (Å²) in [6, 6.07) is 4.30. The Morgan fingerprint density at radius 3 is 3.00 bits per heavy atom. The highest BCUT2D eigenvalue weighted by molar-refractivity contribution is 6.05. The third kappa shape index (κ3) is 4.24. The van der Waals surface area contributed by atoms with Crippen LogP contribution in [0.15, 0.2) is 18.2 Å². The highest BCUT2D eigenvalue weighted by Crippen LogP contribution is 2.26. The van der Waals surface area contributed by atoms with Gasteiger partial charge in [-0.25, -0.2) is 0 Å². The summed E-state index contributed by atoms with van der Waals surface area (Å²) in [4.78, 5) is 36.7. The lowest BCUT2D eigenvalue weighted by atomic mass is 9.93. The molecule has 9 nitrogen and oxygen atoms in total. The van der Waals surface area contributed by atoms with Crippen LogP contribution in [0.3, 0.4) is 0 Å². The number of nitro benzene ring substituents is 1. The number of fused-ring (bicyclic) bond motifs is 1. The topological polar surface area (TPSA) is 118 Å². The van der Waals surface area contributed by atoms with Crippen molar-refractivity contribution in [3.05, 3.63) is 34.0 Å². The van der Waals surface area contributed by atoms with Gasteiger partial charge < -0.3 is 9.64 Å². The first-order chi connectivity index (χ1) is 13.0. The molecule has 2 heterocycles. The normalized spacial score (nSPS) is 17.1. The van der Waals surface area contributed by atoms with Crippen LogP contribution in [0.1, 0.15) is 43.1 Å². The van der Waals surface area contributed by atoms with Crippen LogP contribution in [0.2, 0.25) is 0 Å². The average molecular weight is 374 g/mol. The van der Waals surface area contributed by atoms with Crippen molar-refractivity contribution >= 4 is 28.5 Å². The number of nitro groups is 1. The van der Waals surface area contributed by atoms with Gasteiger partial charge in [-0.1, -0.05) is 0 Å². The van der Waals surface area contributed by atoms with Crippen LogP contribution in [-0.4, -0.2) is 51.6 Å². The molecule has 1 fully saturated rings. The molecule has 0 bridgehead atoms. The van der Waals surface area contributed by atoms with Crippen molar-refractivity contribution in [1.29, 1.82) is 0 Å². The van der Waals surface area contributed by atoms with Gasteiger partial charge in [0, 0.05) is 37.0 Å². The number of amides is 1. The van der Waals surface area contributed by atoms with E-state index < -0.39 is 4.92 Å². The molecule has 0 radical (unpaired) electrons. The third-order valence-corrected chi connectivity index (χ3v) is 4.83. The molecule has 1 atom stereocenters. The number of aromatic nitrogens is 2. The first-order valence-electron chi connectivity index (χ1n) is 9.07. The van der Waals surface area contributed by atoms with Gasteiger partial charge in [0.15, 0.2) is 5.69 Å². The molecular formula is C18H22N4O5. The predicted molar refractivity (Wildman–Crippen MR) is 97.2 cm³/mol. The maximum Gasteiger partial charge on any atom is 0.305 e. The Balaban J connectivity index is 1.71. The van der Waals surface area contributed by atoms with Crippen LogP contribution >= 0.6 is 0 Å². The largest absolute Gasteiger partial charge is 0.466 e. The lowest BCUT2D eigenvalue weighted by Gasteiger charge is -2.32. The molecule has 9 heteroatoms. The number of carbonyl (C=O) groups is 2. The van der Waals surface area contributed by atoms with E-state index in [4.69, 9.17) is 4.74 Å². The summed E-state index contributed by atoms with van der Waals surface area (Å²) in [5, 5.41) is 18.3. The molecule has 3 rings (SSSR count). The fourth-order valence-electron chi connectivity index (χ4n) is 3.47. The number of likely N-dealkylation sites (tertiary alicyclic amines) is 1. The molecule has 27 heavy (non-hydrogen) atoms. The number of rotatable bonds is 6. The molecule has 0 aliphatic carbocycles. The molecule has 1 aliphatic rings. The minimum absolute atomic E-state index is 0.0797. The molecule has 2 aromatic rings. The maximum absolute atomic E-state index is 12.9. The van der Waals surface area contributed by atoms with E-state index in [-0.39, 0.29) is 29.2 Å². The average Bonchev–Trinajstić information content (AvgIpc) is 3.09. The summed E-state index contributed by atoms with van der Waals surface area (Å²) >= 11 is 0. The van der Waals surface area contributed by atoms with Crippen molar-refractivity contribution in [2.24, 2.45) is 5.92 Å². The Bertz CT molecular complexity index is 863. The number of esters is 1. The summed E-state index contributed by atoms with van der Waals surface area (Å²) in [5.41, 5.74) is 0.698. The van der Waals surface area contributed by atoms with E-state index in [9.17, 15) is 19.7 Å². The van der Waals surface area contributed by atoms with Crippen LogP contribution in [0.25, 0.3) is 10.9 Å². The fourth-order valence-corrected chi connectivity index (χ4v) is 3.47. The van der Waals surface area contributed by atoms with Crippen molar-refractivity contribution in [3.63, 3.8) is 0 Å². The lowest BCUT2D eigenvalue weighted by Crippen LogP contribution is -2.40. The second-order valence-electron chi connectivity index (χ2n) is 6.66. The monoisotopic (exact) mass is 374 g/mol. The second-order valence-corrected chi connectivity index (χ2v) is 6.66. The summed E-state index contributed by atoms with van der Waals surface area (Å²) in [6.45, 7) is 3.30. The van der Waals surface area contributed by atoms with Crippen LogP contribution in [-0.2, 0) is 9.53 Å². The van der Waals surface area contributed by atoms with E-state index in [0.717, 1.165) is 12.8 Å². The Kier molecular flexibility index (Phi) is 5.68. The Labute approximate surface area is 155 Å². The zero-order chi connectivity index (χ0) is 19.4. The molecule has 0 spiro atoms. The molecule has 1 N–H and O–H groups in total. The number of benzene rings is 1. The van der Waals surface area contributed by atoms with Gasteiger partial charge in [-0.15, -0.1) is 0 Å². The molecule has 1 saturated heterocycles. The van der Waals surface area contributed by atoms with E-state index in [1.165, 1.54) is 12.1 Å². The molecule has 0 saturated carbocycles. The molecule has 1 aliphatic heterocycles. The van der Waals surface area contributed by atoms with Crippen molar-refractivity contribution in [2.75, 3.05) is 19.7 Å². The molecular weight excluding hydrogens is 352 g/mol. The summed E-state index contributed by atoms with van der Waals surface area (Å²) < 4.78 is 4.96.